The van der Waals surface area contributed by atoms with Gasteiger partial charge in [-0.2, -0.15) is 0 Å². The van der Waals surface area contributed by atoms with Crippen molar-refractivity contribution in [3.63, 3.8) is 0 Å². The summed E-state index contributed by atoms with van der Waals surface area (Å²) in [6, 6.07) is 8.41. The van der Waals surface area contributed by atoms with Crippen LogP contribution in [0.15, 0.2) is 35.7 Å². The van der Waals surface area contributed by atoms with Gasteiger partial charge in [0.1, 0.15) is 13.2 Å². The van der Waals surface area contributed by atoms with Crippen LogP contribution in [0, 0.1) is 0 Å². The summed E-state index contributed by atoms with van der Waals surface area (Å²) in [4.78, 5) is 40.4. The van der Waals surface area contributed by atoms with Gasteiger partial charge in [-0.15, -0.1) is 5.10 Å². The van der Waals surface area contributed by atoms with Gasteiger partial charge >= 0.3 is 12.1 Å². The number of carbonyl (C=O) groups is 3. The summed E-state index contributed by atoms with van der Waals surface area (Å²) < 4.78 is 14.2. The number of carbonyl (C=O) groups excluding carboxylic acids is 3. The Kier molecular flexibility index (Phi) is 5.70. The van der Waals surface area contributed by atoms with E-state index in [0.29, 0.717) is 31.6 Å². The number of piperidine rings is 1. The van der Waals surface area contributed by atoms with E-state index in [1.807, 2.05) is 30.3 Å². The zero-order valence-corrected chi connectivity index (χ0v) is 16.4. The minimum Gasteiger partial charge on any atom is -0.459 e. The molecule has 2 aromatic rings. The summed E-state index contributed by atoms with van der Waals surface area (Å²) in [5, 5.41) is 5.43. The molecule has 0 aliphatic carbocycles. The van der Waals surface area contributed by atoms with Crippen LogP contribution in [0.2, 0.25) is 0 Å². The van der Waals surface area contributed by atoms with Gasteiger partial charge in [0, 0.05) is 24.5 Å². The quantitative estimate of drug-likeness (QED) is 0.684. The van der Waals surface area contributed by atoms with E-state index in [4.69, 9.17) is 9.47 Å². The highest BCUT2D eigenvalue weighted by atomic mass is 32.1. The zero-order chi connectivity index (χ0) is 20.2. The summed E-state index contributed by atoms with van der Waals surface area (Å²) in [6.07, 6.45) is 0.599. The van der Waals surface area contributed by atoms with E-state index in [-0.39, 0.29) is 25.2 Å². The molecule has 0 bridgehead atoms. The van der Waals surface area contributed by atoms with Gasteiger partial charge in [-0.3, -0.25) is 9.69 Å². The summed E-state index contributed by atoms with van der Waals surface area (Å²) in [6.45, 7) is 1.07. The van der Waals surface area contributed by atoms with Gasteiger partial charge in [0.05, 0.1) is 0 Å². The Morgan fingerprint density at radius 2 is 1.97 bits per heavy atom. The smallest absolute Gasteiger partial charge is 0.410 e. The first-order valence-electron chi connectivity index (χ1n) is 9.35. The maximum Gasteiger partial charge on any atom is 0.410 e. The number of amides is 2. The van der Waals surface area contributed by atoms with Crippen molar-refractivity contribution in [2.45, 2.75) is 31.5 Å². The average Bonchev–Trinajstić information content (AvgIpc) is 3.42. The molecule has 2 saturated heterocycles. The molecule has 0 unspecified atom stereocenters. The second-order valence-electron chi connectivity index (χ2n) is 6.91. The van der Waals surface area contributed by atoms with Crippen molar-refractivity contribution >= 4 is 29.5 Å². The van der Waals surface area contributed by atoms with E-state index in [1.165, 1.54) is 4.90 Å². The molecule has 0 radical (unpaired) electrons. The van der Waals surface area contributed by atoms with E-state index in [0.717, 1.165) is 17.1 Å². The molecule has 3 heterocycles. The number of nitrogens with zero attached hydrogens (tertiary/aromatic N) is 4. The number of likely N-dealkylation sites (tertiary alicyclic amines) is 1. The van der Waals surface area contributed by atoms with Gasteiger partial charge in [0.2, 0.25) is 0 Å². The fourth-order valence-corrected chi connectivity index (χ4v) is 4.04. The van der Waals surface area contributed by atoms with Crippen molar-refractivity contribution < 1.29 is 23.9 Å². The van der Waals surface area contributed by atoms with Crippen molar-refractivity contribution in [3.8, 4) is 0 Å². The zero-order valence-electron chi connectivity index (χ0n) is 15.6. The predicted molar refractivity (Wildman–Crippen MR) is 102 cm³/mol. The molecule has 1 aromatic heterocycles. The van der Waals surface area contributed by atoms with Crippen LogP contribution in [0.25, 0.3) is 0 Å². The lowest BCUT2D eigenvalue weighted by Crippen LogP contribution is -2.52. The van der Waals surface area contributed by atoms with E-state index in [2.05, 4.69) is 9.59 Å². The summed E-state index contributed by atoms with van der Waals surface area (Å²) >= 11 is 1.13. The molecular weight excluding hydrogens is 396 g/mol. The van der Waals surface area contributed by atoms with E-state index in [1.54, 1.807) is 10.3 Å². The molecule has 0 N–H and O–H groups in total. The van der Waals surface area contributed by atoms with E-state index >= 15 is 0 Å². The van der Waals surface area contributed by atoms with Gasteiger partial charge in [0.25, 0.3) is 5.91 Å². The van der Waals surface area contributed by atoms with Gasteiger partial charge in [-0.25, -0.2) is 9.59 Å². The third kappa shape index (κ3) is 4.21. The normalized spacial score (nSPS) is 19.9. The van der Waals surface area contributed by atoms with Gasteiger partial charge in [-0.05, 0) is 29.9 Å². The average molecular weight is 416 g/mol. The Labute approximate surface area is 171 Å². The van der Waals surface area contributed by atoms with Crippen molar-refractivity contribution in [2.75, 3.05) is 19.7 Å². The van der Waals surface area contributed by atoms with Gasteiger partial charge in [0.15, 0.2) is 11.7 Å². The van der Waals surface area contributed by atoms with Crippen LogP contribution in [0.4, 0.5) is 4.79 Å². The fraction of sp³-hybridized carbons (Fsp3) is 0.421. The molecule has 2 aliphatic heterocycles. The maximum atomic E-state index is 12.6. The predicted octanol–water partition coefficient (Wildman–Crippen LogP) is 1.71. The highest BCUT2D eigenvalue weighted by molar-refractivity contribution is 7.03. The number of hydrogen-bond donors (Lipinski definition) is 0. The van der Waals surface area contributed by atoms with Crippen molar-refractivity contribution in [2.24, 2.45) is 0 Å². The molecule has 1 aromatic carbocycles. The first kappa shape index (κ1) is 19.3. The molecule has 2 fully saturated rings. The van der Waals surface area contributed by atoms with Crippen molar-refractivity contribution in [3.05, 3.63) is 47.0 Å². The molecule has 152 valence electrons. The van der Waals surface area contributed by atoms with Crippen LogP contribution in [0.3, 0.4) is 0 Å². The first-order chi connectivity index (χ1) is 14.1. The van der Waals surface area contributed by atoms with Crippen LogP contribution in [-0.2, 0) is 20.9 Å². The van der Waals surface area contributed by atoms with Crippen LogP contribution in [-0.4, -0.2) is 69.1 Å². The van der Waals surface area contributed by atoms with Crippen LogP contribution < -0.4 is 0 Å². The Hall–Kier alpha value is -3.01. The fourth-order valence-electron chi connectivity index (χ4n) is 3.61. The molecule has 10 heteroatoms. The third-order valence-electron chi connectivity index (χ3n) is 5.13. The second-order valence-corrected chi connectivity index (χ2v) is 7.52. The highest BCUT2D eigenvalue weighted by Crippen LogP contribution is 2.25. The molecule has 0 spiro atoms. The molecule has 2 aliphatic rings. The lowest BCUT2D eigenvalue weighted by atomic mass is 10.0. The Balaban J connectivity index is 1.35. The standard InChI is InChI=1S/C19H20N4O5S/c24-17(15-12-29-21-20-15)22-8-6-14(7-9-22)23-16(11-28-19(23)26)18(25)27-10-13-4-2-1-3-5-13/h1-5,12,14,16H,6-11H2/t16-/m0/s1. The number of aromatic nitrogens is 2. The summed E-state index contributed by atoms with van der Waals surface area (Å²) in [5.74, 6) is -0.647. The van der Waals surface area contributed by atoms with Crippen molar-refractivity contribution in [1.29, 1.82) is 0 Å². The monoisotopic (exact) mass is 416 g/mol. The van der Waals surface area contributed by atoms with E-state index < -0.39 is 18.1 Å². The minimum atomic E-state index is -0.763. The number of ether oxygens (including phenoxy) is 2. The Bertz CT molecular complexity index is 868. The number of rotatable bonds is 5. The first-order valence-corrected chi connectivity index (χ1v) is 10.2. The Morgan fingerprint density at radius 3 is 2.66 bits per heavy atom. The maximum absolute atomic E-state index is 12.6. The molecule has 29 heavy (non-hydrogen) atoms. The Morgan fingerprint density at radius 1 is 1.21 bits per heavy atom. The second kappa shape index (κ2) is 8.56. The number of benzene rings is 1. The summed E-state index contributed by atoms with van der Waals surface area (Å²) in [5.41, 5.74) is 1.21. The lowest BCUT2D eigenvalue weighted by Gasteiger charge is -2.36. The largest absolute Gasteiger partial charge is 0.459 e. The van der Waals surface area contributed by atoms with E-state index in [9.17, 15) is 14.4 Å². The highest BCUT2D eigenvalue weighted by Gasteiger charge is 2.44. The van der Waals surface area contributed by atoms with Gasteiger partial charge < -0.3 is 14.4 Å². The van der Waals surface area contributed by atoms with Gasteiger partial charge in [-0.1, -0.05) is 34.8 Å². The van der Waals surface area contributed by atoms with Crippen LogP contribution in [0.5, 0.6) is 0 Å². The molecular formula is C19H20N4O5S. The molecule has 1 atom stereocenters. The third-order valence-corrected chi connectivity index (χ3v) is 5.64. The topological polar surface area (TPSA) is 102 Å². The number of hydrogen-bond acceptors (Lipinski definition) is 8. The van der Waals surface area contributed by atoms with Crippen LogP contribution in [0.1, 0.15) is 28.9 Å². The molecule has 2 amide bonds. The molecule has 4 rings (SSSR count). The summed E-state index contributed by atoms with van der Waals surface area (Å²) in [7, 11) is 0. The molecule has 9 nitrogen and oxygen atoms in total. The van der Waals surface area contributed by atoms with Crippen LogP contribution >= 0.6 is 11.5 Å². The number of esters is 1. The number of cyclic esters (lactones) is 1. The minimum absolute atomic E-state index is 0.0178. The lowest BCUT2D eigenvalue weighted by molar-refractivity contribution is -0.150. The SMILES string of the molecule is O=C(OCc1ccccc1)[C@@H]1COC(=O)N1C1CCN(C(=O)c2csnn2)CC1. The molecule has 0 saturated carbocycles. The van der Waals surface area contributed by atoms with Crippen molar-refractivity contribution in [1.82, 2.24) is 19.4 Å².